The van der Waals surface area contributed by atoms with E-state index in [0.717, 1.165) is 0 Å². The SMILES string of the molecule is CC(Nc1cc(F)ccc1Cl)c1ccc(O)cc1O. The molecule has 0 aliphatic heterocycles. The Labute approximate surface area is 115 Å². The number of hydrogen-bond donors (Lipinski definition) is 3. The molecule has 0 spiro atoms. The van der Waals surface area contributed by atoms with Gasteiger partial charge in [-0.05, 0) is 37.3 Å². The summed E-state index contributed by atoms with van der Waals surface area (Å²) in [6.45, 7) is 1.80. The Hall–Kier alpha value is -1.94. The zero-order valence-electron chi connectivity index (χ0n) is 10.2. The van der Waals surface area contributed by atoms with Crippen LogP contribution < -0.4 is 5.32 Å². The Kier molecular flexibility index (Phi) is 3.81. The summed E-state index contributed by atoms with van der Waals surface area (Å²) in [5.74, 6) is -0.446. The fourth-order valence-electron chi connectivity index (χ4n) is 1.82. The van der Waals surface area contributed by atoms with Crippen LogP contribution in [-0.2, 0) is 0 Å². The Balaban J connectivity index is 2.25. The van der Waals surface area contributed by atoms with Crippen molar-refractivity contribution in [1.82, 2.24) is 0 Å². The van der Waals surface area contributed by atoms with Gasteiger partial charge in [-0.3, -0.25) is 0 Å². The lowest BCUT2D eigenvalue weighted by Gasteiger charge is -2.18. The fraction of sp³-hybridized carbons (Fsp3) is 0.143. The van der Waals surface area contributed by atoms with Gasteiger partial charge in [-0.15, -0.1) is 0 Å². The molecule has 2 rings (SSSR count). The molecule has 3 N–H and O–H groups in total. The third-order valence-corrected chi connectivity index (χ3v) is 3.11. The van der Waals surface area contributed by atoms with Gasteiger partial charge in [0.05, 0.1) is 16.8 Å². The number of halogens is 2. The van der Waals surface area contributed by atoms with Crippen molar-refractivity contribution in [3.05, 3.63) is 52.8 Å². The first kappa shape index (κ1) is 13.5. The molecule has 2 aromatic carbocycles. The van der Waals surface area contributed by atoms with Crippen molar-refractivity contribution in [2.45, 2.75) is 13.0 Å². The van der Waals surface area contributed by atoms with Gasteiger partial charge in [-0.1, -0.05) is 11.6 Å². The Morgan fingerprint density at radius 1 is 1.16 bits per heavy atom. The first-order valence-electron chi connectivity index (χ1n) is 5.71. The maximum atomic E-state index is 13.2. The van der Waals surface area contributed by atoms with Crippen molar-refractivity contribution in [2.75, 3.05) is 5.32 Å². The van der Waals surface area contributed by atoms with E-state index >= 15 is 0 Å². The molecule has 0 bridgehead atoms. The highest BCUT2D eigenvalue weighted by Gasteiger charge is 2.12. The smallest absolute Gasteiger partial charge is 0.125 e. The van der Waals surface area contributed by atoms with Crippen LogP contribution in [0, 0.1) is 5.82 Å². The minimum atomic E-state index is -0.394. The highest BCUT2D eigenvalue weighted by molar-refractivity contribution is 6.33. The number of phenols is 2. The van der Waals surface area contributed by atoms with Gasteiger partial charge in [0.15, 0.2) is 0 Å². The van der Waals surface area contributed by atoms with Crippen molar-refractivity contribution in [3.63, 3.8) is 0 Å². The van der Waals surface area contributed by atoms with Gasteiger partial charge >= 0.3 is 0 Å². The van der Waals surface area contributed by atoms with Crippen molar-refractivity contribution in [2.24, 2.45) is 0 Å². The number of rotatable bonds is 3. The molecule has 0 saturated heterocycles. The van der Waals surface area contributed by atoms with Crippen LogP contribution in [0.25, 0.3) is 0 Å². The van der Waals surface area contributed by atoms with Crippen LogP contribution in [-0.4, -0.2) is 10.2 Å². The molecular weight excluding hydrogens is 269 g/mol. The van der Waals surface area contributed by atoms with Crippen molar-refractivity contribution in [3.8, 4) is 11.5 Å². The molecule has 0 amide bonds. The Bertz CT molecular complexity index is 604. The average Bonchev–Trinajstić information content (AvgIpc) is 2.33. The molecular formula is C14H13ClFNO2. The molecule has 0 radical (unpaired) electrons. The zero-order chi connectivity index (χ0) is 14.0. The van der Waals surface area contributed by atoms with Gasteiger partial charge < -0.3 is 15.5 Å². The van der Waals surface area contributed by atoms with Crippen LogP contribution in [0.15, 0.2) is 36.4 Å². The van der Waals surface area contributed by atoms with Crippen molar-refractivity contribution >= 4 is 17.3 Å². The molecule has 1 unspecified atom stereocenters. The molecule has 2 aromatic rings. The maximum Gasteiger partial charge on any atom is 0.125 e. The number of benzene rings is 2. The molecule has 1 atom stereocenters. The first-order valence-corrected chi connectivity index (χ1v) is 6.08. The molecule has 0 saturated carbocycles. The van der Waals surface area contributed by atoms with E-state index in [1.54, 1.807) is 13.0 Å². The second-order valence-corrected chi connectivity index (χ2v) is 4.64. The molecule has 3 nitrogen and oxygen atoms in total. The molecule has 0 fully saturated rings. The van der Waals surface area contributed by atoms with Gasteiger partial charge in [0, 0.05) is 11.6 Å². The minimum Gasteiger partial charge on any atom is -0.508 e. The number of nitrogens with one attached hydrogen (secondary N) is 1. The molecule has 0 aromatic heterocycles. The van der Waals surface area contributed by atoms with E-state index in [-0.39, 0.29) is 17.5 Å². The van der Waals surface area contributed by atoms with E-state index in [4.69, 9.17) is 11.6 Å². The van der Waals surface area contributed by atoms with Crippen LogP contribution >= 0.6 is 11.6 Å². The van der Waals surface area contributed by atoms with Crippen molar-refractivity contribution in [1.29, 1.82) is 0 Å². The van der Waals surface area contributed by atoms with E-state index in [2.05, 4.69) is 5.32 Å². The second-order valence-electron chi connectivity index (χ2n) is 4.23. The summed E-state index contributed by atoms with van der Waals surface area (Å²) in [6.07, 6.45) is 0. The Morgan fingerprint density at radius 3 is 2.58 bits per heavy atom. The molecule has 0 heterocycles. The van der Waals surface area contributed by atoms with Crippen LogP contribution in [0.1, 0.15) is 18.5 Å². The summed E-state index contributed by atoms with van der Waals surface area (Å²) in [6, 6.07) is 8.05. The summed E-state index contributed by atoms with van der Waals surface area (Å²) in [7, 11) is 0. The average molecular weight is 282 g/mol. The third-order valence-electron chi connectivity index (χ3n) is 2.78. The highest BCUT2D eigenvalue weighted by Crippen LogP contribution is 2.32. The summed E-state index contributed by atoms with van der Waals surface area (Å²) < 4.78 is 13.2. The van der Waals surface area contributed by atoms with E-state index in [1.165, 1.54) is 30.3 Å². The zero-order valence-corrected chi connectivity index (χ0v) is 10.9. The summed E-state index contributed by atoms with van der Waals surface area (Å²) in [4.78, 5) is 0. The van der Waals surface area contributed by atoms with Crippen molar-refractivity contribution < 1.29 is 14.6 Å². The first-order chi connectivity index (χ1) is 8.97. The van der Waals surface area contributed by atoms with E-state index in [1.807, 2.05) is 0 Å². The fourth-order valence-corrected chi connectivity index (χ4v) is 1.99. The van der Waals surface area contributed by atoms with E-state index < -0.39 is 5.82 Å². The highest BCUT2D eigenvalue weighted by atomic mass is 35.5. The lowest BCUT2D eigenvalue weighted by molar-refractivity contribution is 0.444. The molecule has 19 heavy (non-hydrogen) atoms. The van der Waals surface area contributed by atoms with Gasteiger partial charge in [-0.2, -0.15) is 0 Å². The Morgan fingerprint density at radius 2 is 1.89 bits per heavy atom. The molecule has 5 heteroatoms. The molecule has 0 aliphatic carbocycles. The van der Waals surface area contributed by atoms with Crippen LogP contribution in [0.3, 0.4) is 0 Å². The third kappa shape index (κ3) is 3.09. The van der Waals surface area contributed by atoms with Crippen LogP contribution in [0.2, 0.25) is 5.02 Å². The van der Waals surface area contributed by atoms with Gasteiger partial charge in [0.25, 0.3) is 0 Å². The number of aromatic hydroxyl groups is 2. The lowest BCUT2D eigenvalue weighted by Crippen LogP contribution is -2.07. The van der Waals surface area contributed by atoms with E-state index in [9.17, 15) is 14.6 Å². The monoisotopic (exact) mass is 281 g/mol. The van der Waals surface area contributed by atoms with Gasteiger partial charge in [0.1, 0.15) is 17.3 Å². The largest absolute Gasteiger partial charge is 0.508 e. The predicted octanol–water partition coefficient (Wildman–Crippen LogP) is 4.06. The van der Waals surface area contributed by atoms with E-state index in [0.29, 0.717) is 16.3 Å². The van der Waals surface area contributed by atoms with Gasteiger partial charge in [0.2, 0.25) is 0 Å². The second kappa shape index (κ2) is 5.36. The topological polar surface area (TPSA) is 52.5 Å². The van der Waals surface area contributed by atoms with Crippen LogP contribution in [0.5, 0.6) is 11.5 Å². The normalized spacial score (nSPS) is 12.2. The predicted molar refractivity (Wildman–Crippen MR) is 73.2 cm³/mol. The lowest BCUT2D eigenvalue weighted by atomic mass is 10.1. The number of hydrogen-bond acceptors (Lipinski definition) is 3. The standard InChI is InChI=1S/C14H13ClFNO2/c1-8(11-4-3-10(18)7-14(11)19)17-13-6-9(16)2-5-12(13)15/h2-8,17-19H,1H3. The summed E-state index contributed by atoms with van der Waals surface area (Å²) >= 11 is 5.96. The number of anilines is 1. The summed E-state index contributed by atoms with van der Waals surface area (Å²) in [5.41, 5.74) is 1.03. The maximum absolute atomic E-state index is 13.2. The minimum absolute atomic E-state index is 0.0164. The molecule has 0 aliphatic rings. The summed E-state index contributed by atoms with van der Waals surface area (Å²) in [5, 5.41) is 22.4. The molecule has 100 valence electrons. The van der Waals surface area contributed by atoms with Crippen LogP contribution in [0.4, 0.5) is 10.1 Å². The number of phenolic OH excluding ortho intramolecular Hbond substituents is 2. The van der Waals surface area contributed by atoms with Gasteiger partial charge in [-0.25, -0.2) is 4.39 Å². The quantitative estimate of drug-likeness (QED) is 0.795.